The molecule has 1 fully saturated rings. The molecular weight excluding hydrogens is 278 g/mol. The minimum Gasteiger partial charge on any atom is -0.445 e. The molecule has 2 bridgehead atoms. The van der Waals surface area contributed by atoms with Gasteiger partial charge in [0.05, 0.1) is 12.7 Å². The van der Waals surface area contributed by atoms with Crippen LogP contribution in [0.4, 0.5) is 4.79 Å². The Bertz CT molecular complexity index is 637. The maximum absolute atomic E-state index is 11.8. The molecule has 102 valence electrons. The van der Waals surface area contributed by atoms with Crippen LogP contribution in [0, 0.1) is 0 Å². The summed E-state index contributed by atoms with van der Waals surface area (Å²) in [6, 6.07) is -1.33. The lowest BCUT2D eigenvalue weighted by molar-refractivity contribution is -0.0163. The number of carbonyl (C=O) groups is 1. The molecule has 2 amide bonds. The molecule has 10 heteroatoms. The van der Waals surface area contributed by atoms with Gasteiger partial charge in [0.1, 0.15) is 12.3 Å². The summed E-state index contributed by atoms with van der Waals surface area (Å²) in [5, 5.41) is 0.609. The highest BCUT2D eigenvalue weighted by Crippen LogP contribution is 2.32. The van der Waals surface area contributed by atoms with Gasteiger partial charge in [-0.1, -0.05) is 6.08 Å². The standard InChI is InChI=1S/C9H9N3O6S/c13-9-11-3-1-6(8-10-2-4-17-8)7(5-11)12(9)18-19(14,15)16/h1-2,4,7H,3,5H2,(H,14,15,16). The highest BCUT2D eigenvalue weighted by molar-refractivity contribution is 7.80. The molecular formula is C9H9N3O6S. The van der Waals surface area contributed by atoms with Crippen LogP contribution in [0.25, 0.3) is 5.57 Å². The zero-order valence-corrected chi connectivity index (χ0v) is 10.3. The van der Waals surface area contributed by atoms with E-state index in [1.807, 2.05) is 0 Å². The van der Waals surface area contributed by atoms with Gasteiger partial charge in [0.25, 0.3) is 0 Å². The van der Waals surface area contributed by atoms with Gasteiger partial charge in [0.15, 0.2) is 0 Å². The first-order valence-electron chi connectivity index (χ1n) is 5.31. The second kappa shape index (κ2) is 4.05. The van der Waals surface area contributed by atoms with Crippen molar-refractivity contribution >= 4 is 22.0 Å². The zero-order valence-electron chi connectivity index (χ0n) is 9.46. The minimum atomic E-state index is -4.77. The van der Waals surface area contributed by atoms with Gasteiger partial charge in [0, 0.05) is 12.1 Å². The van der Waals surface area contributed by atoms with Crippen LogP contribution in [-0.2, 0) is 14.7 Å². The molecule has 1 atom stereocenters. The lowest BCUT2D eigenvalue weighted by atomic mass is 10.0. The molecule has 1 saturated heterocycles. The molecule has 2 aliphatic heterocycles. The third-order valence-electron chi connectivity index (χ3n) is 2.88. The van der Waals surface area contributed by atoms with Crippen LogP contribution >= 0.6 is 0 Å². The average Bonchev–Trinajstić information content (AvgIpc) is 2.93. The lowest BCUT2D eigenvalue weighted by Gasteiger charge is -2.21. The summed E-state index contributed by atoms with van der Waals surface area (Å²) in [6.07, 6.45) is 4.51. The smallest absolute Gasteiger partial charge is 0.418 e. The second-order valence-corrected chi connectivity index (χ2v) is 5.03. The number of amides is 2. The summed E-state index contributed by atoms with van der Waals surface area (Å²) in [6.45, 7) is 0.529. The van der Waals surface area contributed by atoms with Crippen LogP contribution in [0.3, 0.4) is 0 Å². The molecule has 3 rings (SSSR count). The van der Waals surface area contributed by atoms with E-state index in [0.717, 1.165) is 0 Å². The third kappa shape index (κ3) is 2.09. The first-order chi connectivity index (χ1) is 8.96. The summed E-state index contributed by atoms with van der Waals surface area (Å²) in [5.74, 6) is 0.281. The van der Waals surface area contributed by atoms with Gasteiger partial charge < -0.3 is 9.32 Å². The topological polar surface area (TPSA) is 113 Å². The Morgan fingerprint density at radius 3 is 2.95 bits per heavy atom. The fraction of sp³-hybridized carbons (Fsp3) is 0.333. The van der Waals surface area contributed by atoms with E-state index < -0.39 is 22.5 Å². The number of hydroxylamine groups is 2. The Balaban J connectivity index is 1.95. The lowest BCUT2D eigenvalue weighted by Crippen LogP contribution is -2.36. The first-order valence-corrected chi connectivity index (χ1v) is 6.67. The van der Waals surface area contributed by atoms with Crippen LogP contribution in [0.5, 0.6) is 0 Å². The predicted octanol–water partition coefficient (Wildman–Crippen LogP) is -0.0878. The van der Waals surface area contributed by atoms with Gasteiger partial charge in [-0.15, -0.1) is 4.28 Å². The number of rotatable bonds is 3. The maximum Gasteiger partial charge on any atom is 0.418 e. The summed E-state index contributed by atoms with van der Waals surface area (Å²) in [5.41, 5.74) is 0.538. The molecule has 0 radical (unpaired) electrons. The molecule has 1 N–H and O–H groups in total. The zero-order chi connectivity index (χ0) is 13.6. The third-order valence-corrected chi connectivity index (χ3v) is 3.23. The fourth-order valence-electron chi connectivity index (χ4n) is 2.14. The fourth-order valence-corrected chi connectivity index (χ4v) is 2.51. The molecule has 3 heterocycles. The molecule has 0 aliphatic carbocycles. The van der Waals surface area contributed by atoms with E-state index in [0.29, 0.717) is 17.2 Å². The van der Waals surface area contributed by atoms with Crippen molar-refractivity contribution in [3.05, 3.63) is 24.4 Å². The van der Waals surface area contributed by atoms with Crippen molar-refractivity contribution < 1.29 is 26.5 Å². The highest BCUT2D eigenvalue weighted by Gasteiger charge is 2.46. The molecule has 1 aromatic heterocycles. The second-order valence-electron chi connectivity index (χ2n) is 4.03. The van der Waals surface area contributed by atoms with Crippen molar-refractivity contribution in [2.75, 3.05) is 13.1 Å². The number of hydrogen-bond donors (Lipinski definition) is 1. The molecule has 2 aliphatic rings. The van der Waals surface area contributed by atoms with Crippen LogP contribution in [-0.4, -0.2) is 53.1 Å². The Hall–Kier alpha value is -1.91. The molecule has 0 saturated carbocycles. The number of fused-ring (bicyclic) bond motifs is 2. The molecule has 0 aromatic carbocycles. The number of nitrogens with zero attached hydrogens (tertiary/aromatic N) is 3. The summed E-state index contributed by atoms with van der Waals surface area (Å²) in [7, 11) is -4.77. The summed E-state index contributed by atoms with van der Waals surface area (Å²) in [4.78, 5) is 17.2. The SMILES string of the molecule is O=C1N2CC=C(c3ncco3)C(C2)N1OS(=O)(=O)O. The Kier molecular flexibility index (Phi) is 2.59. The van der Waals surface area contributed by atoms with Crippen molar-refractivity contribution in [1.82, 2.24) is 14.9 Å². The van der Waals surface area contributed by atoms with Crippen molar-refractivity contribution in [1.29, 1.82) is 0 Å². The minimum absolute atomic E-state index is 0.239. The number of hydrogen-bond acceptors (Lipinski definition) is 6. The van der Waals surface area contributed by atoms with Crippen molar-refractivity contribution in [3.63, 3.8) is 0 Å². The van der Waals surface area contributed by atoms with E-state index in [1.165, 1.54) is 17.4 Å². The Morgan fingerprint density at radius 1 is 1.53 bits per heavy atom. The molecule has 0 spiro atoms. The van der Waals surface area contributed by atoms with Gasteiger partial charge in [-0.2, -0.15) is 13.5 Å². The van der Waals surface area contributed by atoms with Gasteiger partial charge in [-0.25, -0.2) is 9.78 Å². The summed E-state index contributed by atoms with van der Waals surface area (Å²) < 4.78 is 39.7. The first kappa shape index (κ1) is 12.1. The summed E-state index contributed by atoms with van der Waals surface area (Å²) >= 11 is 0. The van der Waals surface area contributed by atoms with Gasteiger partial charge in [0.2, 0.25) is 5.89 Å². The number of oxazole rings is 1. The van der Waals surface area contributed by atoms with Gasteiger partial charge >= 0.3 is 16.4 Å². The molecule has 9 nitrogen and oxygen atoms in total. The van der Waals surface area contributed by atoms with E-state index in [1.54, 1.807) is 6.08 Å². The van der Waals surface area contributed by atoms with Crippen molar-refractivity contribution in [3.8, 4) is 0 Å². The monoisotopic (exact) mass is 287 g/mol. The normalized spacial score (nSPS) is 22.9. The molecule has 19 heavy (non-hydrogen) atoms. The van der Waals surface area contributed by atoms with Crippen LogP contribution in [0.1, 0.15) is 5.89 Å². The number of urea groups is 1. The van der Waals surface area contributed by atoms with Crippen LogP contribution < -0.4 is 0 Å². The van der Waals surface area contributed by atoms with Gasteiger partial charge in [-0.3, -0.25) is 4.55 Å². The van der Waals surface area contributed by atoms with E-state index in [2.05, 4.69) is 9.27 Å². The van der Waals surface area contributed by atoms with Gasteiger partial charge in [-0.05, 0) is 0 Å². The molecule has 1 unspecified atom stereocenters. The Labute approximate surface area is 108 Å². The quantitative estimate of drug-likeness (QED) is 0.773. The van der Waals surface area contributed by atoms with Crippen molar-refractivity contribution in [2.45, 2.75) is 6.04 Å². The largest absolute Gasteiger partial charge is 0.445 e. The number of carbonyl (C=O) groups excluding carboxylic acids is 1. The van der Waals surface area contributed by atoms with E-state index >= 15 is 0 Å². The van der Waals surface area contributed by atoms with E-state index in [9.17, 15) is 13.2 Å². The van der Waals surface area contributed by atoms with Crippen molar-refractivity contribution in [2.24, 2.45) is 0 Å². The highest BCUT2D eigenvalue weighted by atomic mass is 32.3. The van der Waals surface area contributed by atoms with Crippen LogP contribution in [0.2, 0.25) is 0 Å². The maximum atomic E-state index is 11.8. The average molecular weight is 287 g/mol. The molecule has 1 aromatic rings. The van der Waals surface area contributed by atoms with E-state index in [4.69, 9.17) is 8.97 Å². The van der Waals surface area contributed by atoms with Crippen LogP contribution in [0.15, 0.2) is 23.0 Å². The number of aromatic nitrogens is 1. The predicted molar refractivity (Wildman–Crippen MR) is 59.7 cm³/mol. The van der Waals surface area contributed by atoms with E-state index in [-0.39, 0.29) is 12.4 Å². The Morgan fingerprint density at radius 2 is 2.32 bits per heavy atom.